The third-order valence-electron chi connectivity index (χ3n) is 4.63. The molecule has 1 saturated heterocycles. The number of ether oxygens (including phenoxy) is 1. The second kappa shape index (κ2) is 9.74. The molecule has 3 N–H and O–H groups in total. The van der Waals surface area contributed by atoms with E-state index in [1.807, 2.05) is 0 Å². The number of nitrogens with one attached hydrogen (secondary N) is 1. The van der Waals surface area contributed by atoms with Crippen molar-refractivity contribution in [1.29, 1.82) is 0 Å². The number of benzene rings is 1. The van der Waals surface area contributed by atoms with Gasteiger partial charge in [-0.1, -0.05) is 24.3 Å². The van der Waals surface area contributed by atoms with Gasteiger partial charge in [-0.3, -0.25) is 9.79 Å². The summed E-state index contributed by atoms with van der Waals surface area (Å²) in [5.41, 5.74) is 7.57. The van der Waals surface area contributed by atoms with Crippen molar-refractivity contribution in [3.05, 3.63) is 35.4 Å². The first kappa shape index (κ1) is 21.2. The lowest BCUT2D eigenvalue weighted by Gasteiger charge is -2.34. The molecule has 1 heterocycles. The molecule has 150 valence electrons. The van der Waals surface area contributed by atoms with E-state index in [0.717, 1.165) is 31.9 Å². The van der Waals surface area contributed by atoms with E-state index in [1.165, 1.54) is 11.1 Å². The zero-order valence-electron chi connectivity index (χ0n) is 17.1. The number of carbonyl (C=O) groups excluding carboxylic acids is 1. The molecule has 1 aromatic carbocycles. The number of rotatable bonds is 6. The molecule has 0 spiro atoms. The van der Waals surface area contributed by atoms with E-state index in [4.69, 9.17) is 10.5 Å². The summed E-state index contributed by atoms with van der Waals surface area (Å²) in [5, 5.41) is 3.45. The lowest BCUT2D eigenvalue weighted by molar-refractivity contribution is -0.119. The number of hydrogen-bond acceptors (Lipinski definition) is 3. The van der Waals surface area contributed by atoms with Crippen molar-refractivity contribution in [2.75, 3.05) is 20.1 Å². The third-order valence-corrected chi connectivity index (χ3v) is 4.63. The second-order valence-electron chi connectivity index (χ2n) is 8.25. The molecule has 0 aromatic heterocycles. The summed E-state index contributed by atoms with van der Waals surface area (Å²) in [7, 11) is 1.80. The van der Waals surface area contributed by atoms with Crippen molar-refractivity contribution in [2.24, 2.45) is 16.6 Å². The van der Waals surface area contributed by atoms with E-state index >= 15 is 0 Å². The molecule has 1 aromatic rings. The molecule has 0 radical (unpaired) electrons. The van der Waals surface area contributed by atoms with E-state index in [0.29, 0.717) is 25.5 Å². The Bertz CT molecular complexity index is 652. The van der Waals surface area contributed by atoms with Crippen LogP contribution in [0, 0.1) is 5.92 Å². The molecule has 1 fully saturated rings. The van der Waals surface area contributed by atoms with Gasteiger partial charge in [0.15, 0.2) is 5.96 Å². The van der Waals surface area contributed by atoms with Crippen LogP contribution in [0.4, 0.5) is 0 Å². The molecular weight excluding hydrogens is 340 g/mol. The first-order valence-corrected chi connectivity index (χ1v) is 9.72. The average Bonchev–Trinajstić information content (AvgIpc) is 2.60. The number of primary amides is 1. The fourth-order valence-electron chi connectivity index (χ4n) is 3.35. The van der Waals surface area contributed by atoms with Gasteiger partial charge in [0, 0.05) is 33.1 Å². The minimum Gasteiger partial charge on any atom is -0.371 e. The lowest BCUT2D eigenvalue weighted by Crippen LogP contribution is -2.46. The Morgan fingerprint density at radius 1 is 1.37 bits per heavy atom. The Kier molecular flexibility index (Phi) is 7.66. The monoisotopic (exact) mass is 374 g/mol. The lowest BCUT2D eigenvalue weighted by atomic mass is 9.95. The van der Waals surface area contributed by atoms with Crippen LogP contribution in [0.5, 0.6) is 0 Å². The summed E-state index contributed by atoms with van der Waals surface area (Å²) < 4.78 is 5.87. The van der Waals surface area contributed by atoms with Gasteiger partial charge in [0.25, 0.3) is 0 Å². The standard InChI is InChI=1S/C21H34N4O2/c1-21(2,3)27-15-18-8-5-7-16(11-18)13-24-20(23-4)25-10-6-9-17(14-25)12-19(22)26/h5,7-8,11,17H,6,9-10,12-15H2,1-4H3,(H2,22,26)(H,23,24). The van der Waals surface area contributed by atoms with Crippen LogP contribution in [0.2, 0.25) is 0 Å². The summed E-state index contributed by atoms with van der Waals surface area (Å²) in [5.74, 6) is 0.965. The summed E-state index contributed by atoms with van der Waals surface area (Å²) in [6.07, 6.45) is 2.55. The molecule has 0 bridgehead atoms. The molecule has 1 unspecified atom stereocenters. The van der Waals surface area contributed by atoms with Crippen molar-refractivity contribution in [2.45, 2.75) is 58.8 Å². The highest BCUT2D eigenvalue weighted by Gasteiger charge is 2.23. The highest BCUT2D eigenvalue weighted by Crippen LogP contribution is 2.19. The molecule has 6 heteroatoms. The van der Waals surface area contributed by atoms with Crippen molar-refractivity contribution >= 4 is 11.9 Å². The van der Waals surface area contributed by atoms with Crippen LogP contribution < -0.4 is 11.1 Å². The molecular formula is C21H34N4O2. The molecule has 1 atom stereocenters. The topological polar surface area (TPSA) is 80.0 Å². The van der Waals surface area contributed by atoms with Crippen molar-refractivity contribution < 1.29 is 9.53 Å². The molecule has 0 aliphatic carbocycles. The minimum absolute atomic E-state index is 0.147. The first-order chi connectivity index (χ1) is 12.8. The average molecular weight is 375 g/mol. The fourth-order valence-corrected chi connectivity index (χ4v) is 3.35. The van der Waals surface area contributed by atoms with Gasteiger partial charge >= 0.3 is 0 Å². The molecule has 1 amide bonds. The van der Waals surface area contributed by atoms with Crippen LogP contribution >= 0.6 is 0 Å². The smallest absolute Gasteiger partial charge is 0.217 e. The predicted molar refractivity (Wildman–Crippen MR) is 109 cm³/mol. The number of likely N-dealkylation sites (tertiary alicyclic amines) is 1. The van der Waals surface area contributed by atoms with Gasteiger partial charge < -0.3 is 20.7 Å². The number of guanidine groups is 1. The van der Waals surface area contributed by atoms with Gasteiger partial charge in [0.2, 0.25) is 5.91 Å². The number of piperidine rings is 1. The van der Waals surface area contributed by atoms with Crippen LogP contribution in [-0.2, 0) is 22.7 Å². The van der Waals surface area contributed by atoms with E-state index in [2.05, 4.69) is 60.2 Å². The van der Waals surface area contributed by atoms with Gasteiger partial charge in [0.1, 0.15) is 0 Å². The van der Waals surface area contributed by atoms with Gasteiger partial charge in [-0.2, -0.15) is 0 Å². The normalized spacial score (nSPS) is 18.4. The summed E-state index contributed by atoms with van der Waals surface area (Å²) in [6.45, 7) is 9.27. The molecule has 1 aliphatic heterocycles. The SMILES string of the molecule is CN=C(NCc1cccc(COC(C)(C)C)c1)N1CCCC(CC(N)=O)C1. The molecule has 27 heavy (non-hydrogen) atoms. The van der Waals surface area contributed by atoms with Crippen molar-refractivity contribution in [1.82, 2.24) is 10.2 Å². The maximum Gasteiger partial charge on any atom is 0.217 e. The molecule has 6 nitrogen and oxygen atoms in total. The molecule has 1 aliphatic rings. The summed E-state index contributed by atoms with van der Waals surface area (Å²) in [4.78, 5) is 17.9. The third kappa shape index (κ3) is 7.59. The highest BCUT2D eigenvalue weighted by molar-refractivity contribution is 5.80. The number of aliphatic imine (C=N–C) groups is 1. The highest BCUT2D eigenvalue weighted by atomic mass is 16.5. The van der Waals surface area contributed by atoms with Gasteiger partial charge in [-0.05, 0) is 50.7 Å². The summed E-state index contributed by atoms with van der Waals surface area (Å²) >= 11 is 0. The minimum atomic E-state index is -0.223. The summed E-state index contributed by atoms with van der Waals surface area (Å²) in [6, 6.07) is 8.42. The first-order valence-electron chi connectivity index (χ1n) is 9.72. The van der Waals surface area contributed by atoms with E-state index in [-0.39, 0.29) is 11.5 Å². The Morgan fingerprint density at radius 2 is 2.11 bits per heavy atom. The zero-order valence-corrected chi connectivity index (χ0v) is 17.1. The number of carbonyl (C=O) groups is 1. The van der Waals surface area contributed by atoms with Crippen molar-refractivity contribution in [3.63, 3.8) is 0 Å². The van der Waals surface area contributed by atoms with Crippen LogP contribution in [0.25, 0.3) is 0 Å². The van der Waals surface area contributed by atoms with Gasteiger partial charge in [0.05, 0.1) is 12.2 Å². The molecule has 0 saturated carbocycles. The number of nitrogens with two attached hydrogens (primary N) is 1. The Balaban J connectivity index is 1.91. The van der Waals surface area contributed by atoms with Crippen molar-refractivity contribution in [3.8, 4) is 0 Å². The second-order valence-corrected chi connectivity index (χ2v) is 8.25. The largest absolute Gasteiger partial charge is 0.371 e. The quantitative estimate of drug-likeness (QED) is 0.593. The van der Waals surface area contributed by atoms with E-state index in [1.54, 1.807) is 7.05 Å². The predicted octanol–water partition coefficient (Wildman–Crippen LogP) is 2.66. The Morgan fingerprint density at radius 3 is 2.78 bits per heavy atom. The number of amides is 1. The maximum absolute atomic E-state index is 11.2. The van der Waals surface area contributed by atoms with Crippen LogP contribution in [0.15, 0.2) is 29.3 Å². The van der Waals surface area contributed by atoms with E-state index in [9.17, 15) is 4.79 Å². The number of nitrogens with zero attached hydrogens (tertiary/aromatic N) is 2. The fraction of sp³-hybridized carbons (Fsp3) is 0.619. The zero-order chi connectivity index (χ0) is 19.9. The maximum atomic E-state index is 11.2. The van der Waals surface area contributed by atoms with Gasteiger partial charge in [-0.15, -0.1) is 0 Å². The van der Waals surface area contributed by atoms with Crippen LogP contribution in [0.1, 0.15) is 51.2 Å². The van der Waals surface area contributed by atoms with Gasteiger partial charge in [-0.25, -0.2) is 0 Å². The Labute approximate surface area is 163 Å². The Hall–Kier alpha value is -2.08. The van der Waals surface area contributed by atoms with Crippen LogP contribution in [-0.4, -0.2) is 42.5 Å². The van der Waals surface area contributed by atoms with E-state index < -0.39 is 0 Å². The van der Waals surface area contributed by atoms with Crippen LogP contribution in [0.3, 0.4) is 0 Å². The number of hydrogen-bond donors (Lipinski definition) is 2. The molecule has 2 rings (SSSR count).